The summed E-state index contributed by atoms with van der Waals surface area (Å²) in [6.07, 6.45) is 2.33. The summed E-state index contributed by atoms with van der Waals surface area (Å²) < 4.78 is 0. The third kappa shape index (κ3) is 3.99. The van der Waals surface area contributed by atoms with Crippen molar-refractivity contribution >= 4 is 5.69 Å². The number of aryl methyl sites for hydroxylation is 4. The summed E-state index contributed by atoms with van der Waals surface area (Å²) in [6.45, 7) is 19.4. The highest BCUT2D eigenvalue weighted by Crippen LogP contribution is 2.56. The number of benzene rings is 4. The molecule has 4 aromatic rings. The second-order valence-corrected chi connectivity index (χ2v) is 11.6. The van der Waals surface area contributed by atoms with Crippen LogP contribution in [0.5, 0.6) is 0 Å². The topological polar surface area (TPSA) is 3.24 Å². The zero-order valence-corrected chi connectivity index (χ0v) is 24.6. The van der Waals surface area contributed by atoms with E-state index in [0.717, 1.165) is 13.0 Å². The molecule has 1 aliphatic rings. The lowest BCUT2D eigenvalue weighted by molar-refractivity contribution is 0.311. The van der Waals surface area contributed by atoms with Gasteiger partial charge in [0, 0.05) is 18.2 Å². The van der Waals surface area contributed by atoms with Crippen LogP contribution in [0, 0.1) is 55.4 Å². The van der Waals surface area contributed by atoms with E-state index in [1.165, 1.54) is 73.3 Å². The molecule has 1 nitrogen and oxygen atoms in total. The molecule has 0 N–H and O–H groups in total. The minimum atomic E-state index is -0.332. The number of hydrogen-bond acceptors (Lipinski definition) is 1. The molecule has 0 aliphatic carbocycles. The number of anilines is 1. The van der Waals surface area contributed by atoms with Crippen LogP contribution in [0.15, 0.2) is 72.8 Å². The zero-order valence-electron chi connectivity index (χ0n) is 24.6. The molecule has 1 saturated heterocycles. The lowest BCUT2D eigenvalue weighted by Gasteiger charge is -2.56. The Hall–Kier alpha value is -3.32. The van der Waals surface area contributed by atoms with Crippen LogP contribution in [0.1, 0.15) is 80.0 Å². The number of piperidine rings is 1. The van der Waals surface area contributed by atoms with Crippen molar-refractivity contribution in [3.8, 4) is 0 Å². The summed E-state index contributed by atoms with van der Waals surface area (Å²) in [5, 5.41) is 0. The van der Waals surface area contributed by atoms with E-state index in [4.69, 9.17) is 0 Å². The average Bonchev–Trinajstić information content (AvgIpc) is 2.90. The van der Waals surface area contributed by atoms with Crippen molar-refractivity contribution in [2.75, 3.05) is 11.4 Å². The van der Waals surface area contributed by atoms with E-state index >= 15 is 0 Å². The van der Waals surface area contributed by atoms with Crippen LogP contribution in [-0.4, -0.2) is 6.54 Å². The first kappa shape index (κ1) is 26.3. The number of hydrogen-bond donors (Lipinski definition) is 0. The van der Waals surface area contributed by atoms with Crippen molar-refractivity contribution in [3.05, 3.63) is 134 Å². The standard InChI is InChI=1S/C37H43N/c1-24-14-9-18-32(28(24)5)35-21-13-23-38(36-22-12-17-27(4)31(36)8)37(35,33-19-10-15-25(2)29(33)6)34-20-11-16-26(3)30(34)7/h9-12,14-20,22,35H,13,21,23H2,1-8H3. The molecule has 1 atom stereocenters. The fourth-order valence-corrected chi connectivity index (χ4v) is 7.04. The van der Waals surface area contributed by atoms with Crippen molar-refractivity contribution in [1.29, 1.82) is 0 Å². The Morgan fingerprint density at radius 3 is 1.61 bits per heavy atom. The smallest absolute Gasteiger partial charge is 0.0980 e. The first-order chi connectivity index (χ1) is 18.2. The summed E-state index contributed by atoms with van der Waals surface area (Å²) in [5.74, 6) is 0.317. The highest BCUT2D eigenvalue weighted by Gasteiger charge is 2.52. The molecule has 1 fully saturated rings. The van der Waals surface area contributed by atoms with Crippen LogP contribution in [0.4, 0.5) is 5.69 Å². The van der Waals surface area contributed by atoms with Gasteiger partial charge >= 0.3 is 0 Å². The maximum absolute atomic E-state index is 2.80. The Kier molecular flexibility index (Phi) is 6.99. The Bertz CT molecular complexity index is 1380. The molecule has 0 amide bonds. The fraction of sp³-hybridized carbons (Fsp3) is 0.351. The molecular formula is C37H43N. The lowest BCUT2D eigenvalue weighted by atomic mass is 9.62. The molecule has 5 rings (SSSR count). The number of rotatable bonds is 4. The van der Waals surface area contributed by atoms with Crippen molar-refractivity contribution in [2.45, 2.75) is 79.7 Å². The molecule has 0 aromatic heterocycles. The summed E-state index contributed by atoms with van der Waals surface area (Å²) in [4.78, 5) is 2.80. The minimum absolute atomic E-state index is 0.317. The van der Waals surface area contributed by atoms with Gasteiger partial charge in [0.1, 0.15) is 0 Å². The van der Waals surface area contributed by atoms with Crippen LogP contribution >= 0.6 is 0 Å². The first-order valence-electron chi connectivity index (χ1n) is 14.2. The Balaban J connectivity index is 1.99. The van der Waals surface area contributed by atoms with E-state index in [2.05, 4.69) is 133 Å². The molecule has 1 heteroatoms. The molecule has 1 heterocycles. The number of nitrogens with zero attached hydrogens (tertiary/aromatic N) is 1. The zero-order chi connectivity index (χ0) is 27.2. The molecule has 38 heavy (non-hydrogen) atoms. The molecule has 1 unspecified atom stereocenters. The third-order valence-electron chi connectivity index (χ3n) is 9.72. The van der Waals surface area contributed by atoms with E-state index in [-0.39, 0.29) is 5.54 Å². The van der Waals surface area contributed by atoms with Gasteiger partial charge < -0.3 is 4.90 Å². The molecule has 4 aromatic carbocycles. The van der Waals surface area contributed by atoms with Gasteiger partial charge in [0.15, 0.2) is 0 Å². The van der Waals surface area contributed by atoms with Crippen molar-refractivity contribution < 1.29 is 0 Å². The van der Waals surface area contributed by atoms with Crippen LogP contribution in [-0.2, 0) is 5.54 Å². The van der Waals surface area contributed by atoms with Crippen LogP contribution in [0.3, 0.4) is 0 Å². The van der Waals surface area contributed by atoms with Crippen LogP contribution < -0.4 is 4.90 Å². The van der Waals surface area contributed by atoms with Crippen molar-refractivity contribution in [3.63, 3.8) is 0 Å². The van der Waals surface area contributed by atoms with Gasteiger partial charge in [0.05, 0.1) is 5.54 Å². The van der Waals surface area contributed by atoms with Gasteiger partial charge in [-0.1, -0.05) is 66.7 Å². The molecule has 1 aliphatic heterocycles. The Labute approximate surface area is 230 Å². The monoisotopic (exact) mass is 501 g/mol. The minimum Gasteiger partial charge on any atom is -0.357 e. The second kappa shape index (κ2) is 10.1. The van der Waals surface area contributed by atoms with Crippen molar-refractivity contribution in [2.24, 2.45) is 0 Å². The highest BCUT2D eigenvalue weighted by atomic mass is 15.2. The van der Waals surface area contributed by atoms with Gasteiger partial charge in [0.25, 0.3) is 0 Å². The summed E-state index contributed by atoms with van der Waals surface area (Å²) in [5.41, 5.74) is 16.5. The van der Waals surface area contributed by atoms with Crippen LogP contribution in [0.25, 0.3) is 0 Å². The predicted octanol–water partition coefficient (Wildman–Crippen LogP) is 9.48. The van der Waals surface area contributed by atoms with E-state index < -0.39 is 0 Å². The SMILES string of the molecule is Cc1cccc(C2CCCN(c3cccc(C)c3C)C2(c2cccc(C)c2C)c2cccc(C)c2C)c1C. The summed E-state index contributed by atoms with van der Waals surface area (Å²) >= 11 is 0. The van der Waals surface area contributed by atoms with E-state index in [9.17, 15) is 0 Å². The summed E-state index contributed by atoms with van der Waals surface area (Å²) in [7, 11) is 0. The maximum Gasteiger partial charge on any atom is 0.0980 e. The molecular weight excluding hydrogens is 458 g/mol. The average molecular weight is 502 g/mol. The lowest BCUT2D eigenvalue weighted by Crippen LogP contribution is -2.56. The Morgan fingerprint density at radius 2 is 1.03 bits per heavy atom. The van der Waals surface area contributed by atoms with Gasteiger partial charge in [-0.15, -0.1) is 0 Å². The summed E-state index contributed by atoms with van der Waals surface area (Å²) in [6, 6.07) is 27.7. The van der Waals surface area contributed by atoms with E-state index in [0.29, 0.717) is 5.92 Å². The highest BCUT2D eigenvalue weighted by molar-refractivity contribution is 5.67. The predicted molar refractivity (Wildman–Crippen MR) is 164 cm³/mol. The van der Waals surface area contributed by atoms with E-state index in [1.807, 2.05) is 0 Å². The largest absolute Gasteiger partial charge is 0.357 e. The molecule has 0 radical (unpaired) electrons. The van der Waals surface area contributed by atoms with Crippen LogP contribution in [0.2, 0.25) is 0 Å². The Morgan fingerprint density at radius 1 is 0.553 bits per heavy atom. The fourth-order valence-electron chi connectivity index (χ4n) is 7.04. The molecule has 0 spiro atoms. The molecule has 196 valence electrons. The van der Waals surface area contributed by atoms with Gasteiger partial charge in [0.2, 0.25) is 0 Å². The van der Waals surface area contributed by atoms with Crippen molar-refractivity contribution in [1.82, 2.24) is 0 Å². The van der Waals surface area contributed by atoms with Gasteiger partial charge in [-0.05, 0) is 135 Å². The van der Waals surface area contributed by atoms with E-state index in [1.54, 1.807) is 0 Å². The second-order valence-electron chi connectivity index (χ2n) is 11.6. The van der Waals surface area contributed by atoms with Gasteiger partial charge in [-0.2, -0.15) is 0 Å². The molecule has 0 saturated carbocycles. The third-order valence-corrected chi connectivity index (χ3v) is 9.72. The van der Waals surface area contributed by atoms with Gasteiger partial charge in [-0.25, -0.2) is 0 Å². The normalized spacial score (nSPS) is 17.1. The van der Waals surface area contributed by atoms with Gasteiger partial charge in [-0.3, -0.25) is 0 Å². The molecule has 0 bridgehead atoms. The quantitative estimate of drug-likeness (QED) is 0.269. The maximum atomic E-state index is 2.80. The first-order valence-corrected chi connectivity index (χ1v) is 14.2.